The summed E-state index contributed by atoms with van der Waals surface area (Å²) in [5.41, 5.74) is 1.87. The lowest BCUT2D eigenvalue weighted by atomic mass is 10.1. The fourth-order valence-corrected chi connectivity index (χ4v) is 2.52. The molecule has 7 heteroatoms. The highest BCUT2D eigenvalue weighted by Crippen LogP contribution is 2.22. The van der Waals surface area contributed by atoms with Crippen molar-refractivity contribution in [3.05, 3.63) is 76.3 Å². The molecule has 0 spiro atoms. The topological polar surface area (TPSA) is 59.8 Å². The van der Waals surface area contributed by atoms with Gasteiger partial charge in [0.1, 0.15) is 12.7 Å². The minimum absolute atomic E-state index is 0.281. The summed E-state index contributed by atoms with van der Waals surface area (Å²) in [5.74, 6) is -0.281. The minimum Gasteiger partial charge on any atom is -0.348 e. The highest BCUT2D eigenvalue weighted by atomic mass is 35.5. The summed E-state index contributed by atoms with van der Waals surface area (Å²) < 4.78 is 1.50. The van der Waals surface area contributed by atoms with E-state index in [2.05, 4.69) is 15.4 Å². The molecule has 0 aliphatic rings. The molecule has 3 aromatic rings. The monoisotopic (exact) mass is 346 g/mol. The van der Waals surface area contributed by atoms with E-state index in [0.29, 0.717) is 27.8 Å². The predicted octanol–water partition coefficient (Wildman–Crippen LogP) is 3.50. The lowest BCUT2D eigenvalue weighted by molar-refractivity contribution is 0.0951. The van der Waals surface area contributed by atoms with Crippen molar-refractivity contribution in [1.82, 2.24) is 20.1 Å². The quantitative estimate of drug-likeness (QED) is 0.786. The molecular weight excluding hydrogens is 335 g/mol. The van der Waals surface area contributed by atoms with E-state index in [0.717, 1.165) is 5.56 Å². The largest absolute Gasteiger partial charge is 0.348 e. The zero-order valence-electron chi connectivity index (χ0n) is 11.9. The number of nitrogens with one attached hydrogen (secondary N) is 1. The maximum atomic E-state index is 12.5. The van der Waals surface area contributed by atoms with Crippen LogP contribution in [0.4, 0.5) is 0 Å². The number of halogens is 2. The average Bonchev–Trinajstić information content (AvgIpc) is 3.08. The molecule has 0 aliphatic heterocycles. The summed E-state index contributed by atoms with van der Waals surface area (Å²) in [6.45, 7) is 0.373. The minimum atomic E-state index is -0.281. The molecule has 3 rings (SSSR count). The van der Waals surface area contributed by atoms with Gasteiger partial charge in [-0.3, -0.25) is 4.79 Å². The van der Waals surface area contributed by atoms with Crippen LogP contribution in [-0.4, -0.2) is 20.7 Å². The van der Waals surface area contributed by atoms with E-state index < -0.39 is 0 Å². The number of benzene rings is 2. The van der Waals surface area contributed by atoms with Crippen LogP contribution < -0.4 is 5.32 Å². The molecule has 0 saturated heterocycles. The molecular formula is C16H12Cl2N4O. The molecule has 23 heavy (non-hydrogen) atoms. The Morgan fingerprint density at radius 3 is 2.61 bits per heavy atom. The summed E-state index contributed by atoms with van der Waals surface area (Å²) in [6, 6.07) is 12.5. The first-order chi connectivity index (χ1) is 11.1. The molecule has 2 aromatic carbocycles. The van der Waals surface area contributed by atoms with Crippen LogP contribution in [-0.2, 0) is 6.54 Å². The summed E-state index contributed by atoms with van der Waals surface area (Å²) in [7, 11) is 0. The van der Waals surface area contributed by atoms with Crippen LogP contribution in [0, 0.1) is 0 Å². The van der Waals surface area contributed by atoms with Crippen molar-refractivity contribution >= 4 is 29.1 Å². The van der Waals surface area contributed by atoms with E-state index in [9.17, 15) is 4.79 Å². The number of hydrogen-bond donors (Lipinski definition) is 1. The van der Waals surface area contributed by atoms with E-state index >= 15 is 0 Å². The second-order valence-electron chi connectivity index (χ2n) is 4.78. The molecule has 1 heterocycles. The summed E-state index contributed by atoms with van der Waals surface area (Å²) >= 11 is 12.1. The normalized spacial score (nSPS) is 10.5. The smallest absolute Gasteiger partial charge is 0.255 e. The third-order valence-corrected chi connectivity index (χ3v) is 3.82. The van der Waals surface area contributed by atoms with Crippen LogP contribution in [0.5, 0.6) is 0 Å². The Morgan fingerprint density at radius 1 is 1.13 bits per heavy atom. The van der Waals surface area contributed by atoms with E-state index in [4.69, 9.17) is 23.2 Å². The number of amides is 1. The van der Waals surface area contributed by atoms with E-state index in [-0.39, 0.29) is 5.91 Å². The molecule has 0 unspecified atom stereocenters. The number of hydrogen-bond acceptors (Lipinski definition) is 3. The fraction of sp³-hybridized carbons (Fsp3) is 0.0625. The zero-order valence-corrected chi connectivity index (χ0v) is 13.4. The van der Waals surface area contributed by atoms with Crippen molar-refractivity contribution < 1.29 is 4.79 Å². The lowest BCUT2D eigenvalue weighted by Gasteiger charge is -2.11. The van der Waals surface area contributed by atoms with Crippen LogP contribution in [0.1, 0.15) is 15.9 Å². The van der Waals surface area contributed by atoms with Crippen molar-refractivity contribution in [2.75, 3.05) is 0 Å². The molecule has 1 amide bonds. The molecule has 0 radical (unpaired) electrons. The Balaban J connectivity index is 1.83. The molecule has 0 fully saturated rings. The van der Waals surface area contributed by atoms with Crippen LogP contribution in [0.15, 0.2) is 55.1 Å². The summed E-state index contributed by atoms with van der Waals surface area (Å²) in [4.78, 5) is 16.4. The maximum absolute atomic E-state index is 12.5. The van der Waals surface area contributed by atoms with Gasteiger partial charge in [0.05, 0.1) is 16.3 Å². The first-order valence-corrected chi connectivity index (χ1v) is 7.57. The highest BCUT2D eigenvalue weighted by Gasteiger charge is 2.17. The molecule has 116 valence electrons. The van der Waals surface area contributed by atoms with Crippen molar-refractivity contribution in [3.8, 4) is 5.69 Å². The highest BCUT2D eigenvalue weighted by molar-refractivity contribution is 6.34. The van der Waals surface area contributed by atoms with Crippen LogP contribution in [0.3, 0.4) is 0 Å². The Bertz CT molecular complexity index is 817. The van der Waals surface area contributed by atoms with E-state index in [1.54, 1.807) is 30.3 Å². The Labute approximate surface area is 142 Å². The van der Waals surface area contributed by atoms with Crippen molar-refractivity contribution in [1.29, 1.82) is 0 Å². The van der Waals surface area contributed by atoms with Crippen LogP contribution in [0.25, 0.3) is 5.69 Å². The van der Waals surface area contributed by atoms with Gasteiger partial charge in [-0.05, 0) is 29.8 Å². The van der Waals surface area contributed by atoms with Gasteiger partial charge in [0, 0.05) is 11.6 Å². The van der Waals surface area contributed by atoms with Crippen LogP contribution >= 0.6 is 23.2 Å². The first kappa shape index (κ1) is 15.5. The number of rotatable bonds is 4. The Hall–Kier alpha value is -2.37. The Kier molecular flexibility index (Phi) is 4.60. The van der Waals surface area contributed by atoms with Crippen molar-refractivity contribution in [3.63, 3.8) is 0 Å². The molecule has 5 nitrogen and oxygen atoms in total. The van der Waals surface area contributed by atoms with Gasteiger partial charge in [0.2, 0.25) is 0 Å². The number of aromatic nitrogens is 3. The SMILES string of the molecule is O=C(NCc1ccc(Cl)cc1)c1c(Cl)cccc1-n1cncn1. The zero-order chi connectivity index (χ0) is 16.2. The number of carbonyl (C=O) groups is 1. The van der Waals surface area contributed by atoms with Gasteiger partial charge in [-0.25, -0.2) is 9.67 Å². The van der Waals surface area contributed by atoms with Gasteiger partial charge >= 0.3 is 0 Å². The molecule has 0 bridgehead atoms. The van der Waals surface area contributed by atoms with Gasteiger partial charge < -0.3 is 5.32 Å². The van der Waals surface area contributed by atoms with Crippen molar-refractivity contribution in [2.24, 2.45) is 0 Å². The van der Waals surface area contributed by atoms with Gasteiger partial charge in [-0.2, -0.15) is 5.10 Å². The average molecular weight is 347 g/mol. The summed E-state index contributed by atoms with van der Waals surface area (Å²) in [6.07, 6.45) is 2.91. The Morgan fingerprint density at radius 2 is 1.91 bits per heavy atom. The molecule has 1 N–H and O–H groups in total. The second-order valence-corrected chi connectivity index (χ2v) is 5.63. The molecule has 0 aliphatic carbocycles. The molecule has 0 saturated carbocycles. The first-order valence-electron chi connectivity index (χ1n) is 6.81. The number of nitrogens with zero attached hydrogens (tertiary/aromatic N) is 3. The third kappa shape index (κ3) is 3.52. The van der Waals surface area contributed by atoms with Crippen LogP contribution in [0.2, 0.25) is 10.0 Å². The second kappa shape index (κ2) is 6.81. The third-order valence-electron chi connectivity index (χ3n) is 3.25. The fourth-order valence-electron chi connectivity index (χ4n) is 2.13. The molecule has 0 atom stereocenters. The van der Waals surface area contributed by atoms with E-state index in [1.165, 1.54) is 17.3 Å². The standard InChI is InChI=1S/C16H12Cl2N4O/c17-12-6-4-11(5-7-12)8-20-16(23)15-13(18)2-1-3-14(15)22-10-19-9-21-22/h1-7,9-10H,8H2,(H,20,23). The van der Waals surface area contributed by atoms with Crippen molar-refractivity contribution in [2.45, 2.75) is 6.54 Å². The predicted molar refractivity (Wildman–Crippen MR) is 89.0 cm³/mol. The summed E-state index contributed by atoms with van der Waals surface area (Å²) in [5, 5.41) is 7.91. The van der Waals surface area contributed by atoms with Gasteiger partial charge in [-0.1, -0.05) is 41.4 Å². The molecule has 1 aromatic heterocycles. The van der Waals surface area contributed by atoms with Gasteiger partial charge in [0.15, 0.2) is 0 Å². The number of carbonyl (C=O) groups excluding carboxylic acids is 1. The lowest BCUT2D eigenvalue weighted by Crippen LogP contribution is -2.24. The maximum Gasteiger partial charge on any atom is 0.255 e. The van der Waals surface area contributed by atoms with Gasteiger partial charge in [-0.15, -0.1) is 0 Å². The van der Waals surface area contributed by atoms with E-state index in [1.807, 2.05) is 12.1 Å². The van der Waals surface area contributed by atoms with Gasteiger partial charge in [0.25, 0.3) is 5.91 Å².